The van der Waals surface area contributed by atoms with Crippen molar-refractivity contribution in [2.24, 2.45) is 0 Å². The van der Waals surface area contributed by atoms with Gasteiger partial charge in [-0.05, 0) is 57.8 Å². The zero-order chi connectivity index (χ0) is 44.9. The van der Waals surface area contributed by atoms with Crippen LogP contribution >= 0.6 is 0 Å². The van der Waals surface area contributed by atoms with Gasteiger partial charge in [0.2, 0.25) is 0 Å². The number of carboxylic acid groups (broad SMARTS) is 1. The van der Waals surface area contributed by atoms with Crippen LogP contribution in [0.5, 0.6) is 0 Å². The van der Waals surface area contributed by atoms with Crippen molar-refractivity contribution in [2.75, 3.05) is 41.0 Å². The number of nitrogens with zero attached hydrogens (tertiary/aromatic N) is 1. The third kappa shape index (κ3) is 41.9. The van der Waals surface area contributed by atoms with Gasteiger partial charge in [-0.2, -0.15) is 0 Å². The molecule has 2 atom stereocenters. The van der Waals surface area contributed by atoms with Crippen molar-refractivity contribution in [2.45, 2.75) is 206 Å². The smallest absolute Gasteiger partial charge is 0.306 e. The van der Waals surface area contributed by atoms with Gasteiger partial charge in [-0.25, -0.2) is 0 Å². The fourth-order valence-electron chi connectivity index (χ4n) is 6.85. The van der Waals surface area contributed by atoms with Crippen molar-refractivity contribution in [1.82, 2.24) is 0 Å². The first-order valence-electron chi connectivity index (χ1n) is 24.5. The number of quaternary nitrogens is 1. The monoisotopic (exact) mass is 854 g/mol. The molecular weight excluding hydrogens is 763 g/mol. The van der Waals surface area contributed by atoms with Gasteiger partial charge < -0.3 is 28.6 Å². The Bertz CT molecular complexity index is 1230. The fraction of sp³-hybridized carbons (Fsp3) is 0.717. The third-order valence-corrected chi connectivity index (χ3v) is 10.6. The molecule has 0 spiro atoms. The van der Waals surface area contributed by atoms with E-state index in [0.29, 0.717) is 12.8 Å². The lowest BCUT2D eigenvalue weighted by atomic mass is 10.0. The Hall–Kier alpha value is -3.23. The summed E-state index contributed by atoms with van der Waals surface area (Å²) >= 11 is 0. The summed E-state index contributed by atoms with van der Waals surface area (Å²) in [5.41, 5.74) is 0. The molecule has 0 aliphatic heterocycles. The van der Waals surface area contributed by atoms with Crippen LogP contribution in [0.4, 0.5) is 0 Å². The number of unbranched alkanes of at least 4 members (excludes halogenated alkanes) is 17. The maximum atomic E-state index is 12.8. The average Bonchev–Trinajstić information content (AvgIpc) is 3.22. The second kappa shape index (κ2) is 43.4. The Kier molecular flexibility index (Phi) is 41.1. The molecule has 0 aliphatic rings. The summed E-state index contributed by atoms with van der Waals surface area (Å²) in [7, 11) is 5.39. The van der Waals surface area contributed by atoms with E-state index in [4.69, 9.17) is 14.2 Å². The molecule has 0 saturated heterocycles. The lowest BCUT2D eigenvalue weighted by Crippen LogP contribution is -2.55. The molecule has 0 fully saturated rings. The topological polar surface area (TPSA) is 102 Å². The van der Waals surface area contributed by atoms with Crippen LogP contribution in [-0.2, 0) is 28.6 Å². The Morgan fingerprint density at radius 3 is 1.34 bits per heavy atom. The second-order valence-corrected chi connectivity index (χ2v) is 17.3. The van der Waals surface area contributed by atoms with Gasteiger partial charge in [0.15, 0.2) is 6.10 Å². The molecule has 0 saturated carbocycles. The predicted octanol–water partition coefficient (Wildman–Crippen LogP) is 12.6. The predicted molar refractivity (Wildman–Crippen MR) is 254 cm³/mol. The van der Waals surface area contributed by atoms with E-state index in [1.165, 1.54) is 89.9 Å². The molecule has 0 aliphatic carbocycles. The molecule has 350 valence electrons. The van der Waals surface area contributed by atoms with Crippen molar-refractivity contribution < 1.29 is 38.2 Å². The average molecular weight is 854 g/mol. The number of carbonyl (C=O) groups is 3. The van der Waals surface area contributed by atoms with Crippen molar-refractivity contribution in [3.05, 3.63) is 72.9 Å². The summed E-state index contributed by atoms with van der Waals surface area (Å²) in [5.74, 6) is -1.81. The first-order valence-corrected chi connectivity index (χ1v) is 24.5. The van der Waals surface area contributed by atoms with E-state index in [1.54, 1.807) is 21.1 Å². The number of hydrogen-bond acceptors (Lipinski definition) is 7. The molecule has 2 unspecified atom stereocenters. The van der Waals surface area contributed by atoms with Crippen LogP contribution in [0.3, 0.4) is 0 Å². The maximum absolute atomic E-state index is 12.8. The zero-order valence-corrected chi connectivity index (χ0v) is 39.8. The SMILES string of the molecule is CC/C=C/C/C=C/C/C=C/C/C=C/C/C=C/C/C=C/CCCC(=O)OCC(COCCC(C(=O)[O-])[N+](C)(C)C)OC(=O)CCCCCCCCCCCCCCCCCCC. The Morgan fingerprint density at radius 1 is 0.508 bits per heavy atom. The minimum Gasteiger partial charge on any atom is -0.544 e. The number of hydrogen-bond donors (Lipinski definition) is 0. The van der Waals surface area contributed by atoms with Crippen molar-refractivity contribution in [3.63, 3.8) is 0 Å². The number of carboxylic acids is 1. The minimum atomic E-state index is -1.13. The molecule has 0 aromatic carbocycles. The van der Waals surface area contributed by atoms with E-state index in [1.807, 2.05) is 0 Å². The second-order valence-electron chi connectivity index (χ2n) is 17.3. The Morgan fingerprint density at radius 2 is 0.918 bits per heavy atom. The quantitative estimate of drug-likeness (QED) is 0.0260. The van der Waals surface area contributed by atoms with Crippen molar-refractivity contribution in [1.29, 1.82) is 0 Å². The molecule has 0 heterocycles. The number of aliphatic carboxylic acids is 1. The number of rotatable bonds is 43. The van der Waals surface area contributed by atoms with Crippen LogP contribution in [0, 0.1) is 0 Å². The van der Waals surface area contributed by atoms with E-state index >= 15 is 0 Å². The summed E-state index contributed by atoms with van der Waals surface area (Å²) in [5, 5.41) is 11.6. The highest BCUT2D eigenvalue weighted by atomic mass is 16.6. The van der Waals surface area contributed by atoms with Crippen molar-refractivity contribution in [3.8, 4) is 0 Å². The highest BCUT2D eigenvalue weighted by Crippen LogP contribution is 2.15. The van der Waals surface area contributed by atoms with Gasteiger partial charge in [0.1, 0.15) is 12.6 Å². The standard InChI is InChI=1S/C53H91NO7/c1-6-8-10-12-14-16-18-20-22-24-25-26-28-29-31-33-35-37-39-41-43-51(55)60-48-49(47-59-46-45-50(53(57)58)54(3,4)5)61-52(56)44-42-40-38-36-34-32-30-27-23-21-19-17-15-13-11-9-7-2/h8,10,14,16,20,22,25-26,29,31,35,37,49-50H,6-7,9,11-13,15,17-19,21,23-24,27-28,30,32-34,36,38-48H2,1-5H3/b10-8+,16-14+,22-20+,26-25+,31-29+,37-35+. The summed E-state index contributed by atoms with van der Waals surface area (Å²) in [4.78, 5) is 37.0. The van der Waals surface area contributed by atoms with E-state index in [2.05, 4.69) is 86.8 Å². The summed E-state index contributed by atoms with van der Waals surface area (Å²) in [6, 6.07) is -0.736. The molecule has 0 bridgehead atoms. The lowest BCUT2D eigenvalue weighted by Gasteiger charge is -2.34. The van der Waals surface area contributed by atoms with Gasteiger partial charge in [-0.1, -0.05) is 189 Å². The maximum Gasteiger partial charge on any atom is 0.306 e. The highest BCUT2D eigenvalue weighted by Gasteiger charge is 2.25. The van der Waals surface area contributed by atoms with E-state index in [9.17, 15) is 19.5 Å². The number of likely N-dealkylation sites (N-methyl/N-ethyl adjacent to an activating group) is 1. The molecule has 0 N–H and O–H groups in total. The molecule has 8 heteroatoms. The molecule has 8 nitrogen and oxygen atoms in total. The van der Waals surface area contributed by atoms with Gasteiger partial charge in [-0.15, -0.1) is 0 Å². The van der Waals surface area contributed by atoms with Gasteiger partial charge in [0, 0.05) is 19.3 Å². The highest BCUT2D eigenvalue weighted by molar-refractivity contribution is 5.70. The van der Waals surface area contributed by atoms with E-state index < -0.39 is 18.1 Å². The Balaban J connectivity index is 4.38. The minimum absolute atomic E-state index is 0.0213. The van der Waals surface area contributed by atoms with Crippen LogP contribution in [-0.4, -0.2) is 75.5 Å². The van der Waals surface area contributed by atoms with Crippen LogP contribution < -0.4 is 5.11 Å². The lowest BCUT2D eigenvalue weighted by molar-refractivity contribution is -0.889. The number of carbonyl (C=O) groups excluding carboxylic acids is 3. The first-order chi connectivity index (χ1) is 29.6. The van der Waals surface area contributed by atoms with Crippen LogP contribution in [0.15, 0.2) is 72.9 Å². The van der Waals surface area contributed by atoms with Crippen molar-refractivity contribution >= 4 is 17.9 Å². The summed E-state index contributed by atoms with van der Waals surface area (Å²) in [6.45, 7) is 4.50. The van der Waals surface area contributed by atoms with Gasteiger partial charge in [-0.3, -0.25) is 9.59 Å². The van der Waals surface area contributed by atoms with E-state index in [-0.39, 0.29) is 49.1 Å². The number of allylic oxidation sites excluding steroid dienone is 12. The summed E-state index contributed by atoms with van der Waals surface area (Å²) in [6.07, 6.45) is 55.1. The summed E-state index contributed by atoms with van der Waals surface area (Å²) < 4.78 is 17.2. The largest absolute Gasteiger partial charge is 0.544 e. The van der Waals surface area contributed by atoms with E-state index in [0.717, 1.165) is 64.2 Å². The fourth-order valence-corrected chi connectivity index (χ4v) is 6.85. The molecule has 0 aromatic rings. The molecule has 0 amide bonds. The first kappa shape index (κ1) is 57.8. The third-order valence-electron chi connectivity index (χ3n) is 10.6. The zero-order valence-electron chi connectivity index (χ0n) is 39.8. The normalized spacial score (nSPS) is 13.5. The van der Waals surface area contributed by atoms with Gasteiger partial charge in [0.05, 0.1) is 40.3 Å². The molecular formula is C53H91NO7. The Labute approximate surface area is 374 Å². The van der Waals surface area contributed by atoms with Crippen LogP contribution in [0.2, 0.25) is 0 Å². The van der Waals surface area contributed by atoms with Crippen LogP contribution in [0.25, 0.3) is 0 Å². The molecule has 0 aromatic heterocycles. The number of esters is 2. The van der Waals surface area contributed by atoms with Crippen LogP contribution in [0.1, 0.15) is 194 Å². The molecule has 0 rings (SSSR count). The number of ether oxygens (including phenoxy) is 3. The molecule has 0 radical (unpaired) electrons. The van der Waals surface area contributed by atoms with Gasteiger partial charge >= 0.3 is 11.9 Å². The van der Waals surface area contributed by atoms with Gasteiger partial charge in [0.25, 0.3) is 0 Å². The molecule has 61 heavy (non-hydrogen) atoms.